The lowest BCUT2D eigenvalue weighted by molar-refractivity contribution is 0.639. The quantitative estimate of drug-likeness (QED) is 0.820. The molecule has 0 aliphatic rings. The Morgan fingerprint density at radius 1 is 1.38 bits per heavy atom. The molecule has 72 valence electrons. The molecule has 1 nitrogen and oxygen atoms in total. The Hall–Kier alpha value is -0.240. The third kappa shape index (κ3) is 2.87. The molecule has 0 aliphatic carbocycles. The molecule has 0 spiro atoms. The van der Waals surface area contributed by atoms with Crippen LogP contribution < -0.4 is 5.73 Å². The molecule has 0 fully saturated rings. The van der Waals surface area contributed by atoms with E-state index in [0.29, 0.717) is 10.0 Å². The molecule has 1 rings (SSSR count). The van der Waals surface area contributed by atoms with E-state index in [2.05, 4.69) is 6.92 Å². The van der Waals surface area contributed by atoms with E-state index in [4.69, 9.17) is 28.9 Å². The molecular weight excluding hydrogens is 205 g/mol. The zero-order valence-corrected chi connectivity index (χ0v) is 9.07. The lowest BCUT2D eigenvalue weighted by Gasteiger charge is -2.12. The molecule has 2 N–H and O–H groups in total. The van der Waals surface area contributed by atoms with Gasteiger partial charge >= 0.3 is 0 Å². The minimum atomic E-state index is 0.0229. The first-order chi connectivity index (χ1) is 6.15. The Morgan fingerprint density at radius 2 is 2.08 bits per heavy atom. The number of hydrogen-bond acceptors (Lipinski definition) is 1. The van der Waals surface area contributed by atoms with E-state index in [1.807, 2.05) is 12.1 Å². The Balaban J connectivity index is 2.88. The molecule has 0 saturated carbocycles. The third-order valence-corrected chi connectivity index (χ3v) is 2.52. The first-order valence-electron chi connectivity index (χ1n) is 4.35. The van der Waals surface area contributed by atoms with Gasteiger partial charge in [-0.25, -0.2) is 0 Å². The summed E-state index contributed by atoms with van der Waals surface area (Å²) in [4.78, 5) is 0. The number of hydrogen-bond donors (Lipinski definition) is 1. The van der Waals surface area contributed by atoms with Gasteiger partial charge in [0.15, 0.2) is 0 Å². The molecule has 0 bridgehead atoms. The molecule has 13 heavy (non-hydrogen) atoms. The number of benzene rings is 1. The van der Waals surface area contributed by atoms with Crippen molar-refractivity contribution >= 4 is 23.2 Å². The van der Waals surface area contributed by atoms with Crippen molar-refractivity contribution in [1.82, 2.24) is 0 Å². The van der Waals surface area contributed by atoms with Crippen molar-refractivity contribution in [1.29, 1.82) is 0 Å². The summed E-state index contributed by atoms with van der Waals surface area (Å²) in [5.41, 5.74) is 6.91. The highest BCUT2D eigenvalue weighted by molar-refractivity contribution is 6.35. The van der Waals surface area contributed by atoms with Crippen molar-refractivity contribution in [2.24, 2.45) is 5.73 Å². The Morgan fingerprint density at radius 3 is 2.62 bits per heavy atom. The van der Waals surface area contributed by atoms with E-state index in [-0.39, 0.29) is 6.04 Å². The van der Waals surface area contributed by atoms with E-state index in [9.17, 15) is 0 Å². The van der Waals surface area contributed by atoms with Crippen LogP contribution in [0.2, 0.25) is 10.0 Å². The van der Waals surface area contributed by atoms with Gasteiger partial charge in [0.05, 0.1) is 0 Å². The first kappa shape index (κ1) is 10.8. The van der Waals surface area contributed by atoms with Crippen molar-refractivity contribution in [2.45, 2.75) is 25.8 Å². The van der Waals surface area contributed by atoms with Crippen LogP contribution in [0.3, 0.4) is 0 Å². The second kappa shape index (κ2) is 4.85. The van der Waals surface area contributed by atoms with Gasteiger partial charge in [0.2, 0.25) is 0 Å². The molecule has 0 aliphatic heterocycles. The fraction of sp³-hybridized carbons (Fsp3) is 0.400. The molecule has 1 unspecified atom stereocenters. The van der Waals surface area contributed by atoms with Crippen LogP contribution in [0.15, 0.2) is 18.2 Å². The van der Waals surface area contributed by atoms with E-state index >= 15 is 0 Å². The minimum absolute atomic E-state index is 0.0229. The lowest BCUT2D eigenvalue weighted by atomic mass is 10.0. The van der Waals surface area contributed by atoms with E-state index in [1.54, 1.807) is 6.07 Å². The summed E-state index contributed by atoms with van der Waals surface area (Å²) >= 11 is 11.8. The average molecular weight is 218 g/mol. The van der Waals surface area contributed by atoms with Gasteiger partial charge in [-0.15, -0.1) is 0 Å². The second-order valence-electron chi connectivity index (χ2n) is 3.06. The first-order valence-corrected chi connectivity index (χ1v) is 5.11. The number of nitrogens with two attached hydrogens (primary N) is 1. The van der Waals surface area contributed by atoms with E-state index in [0.717, 1.165) is 18.4 Å². The van der Waals surface area contributed by atoms with Crippen LogP contribution in [0.1, 0.15) is 31.4 Å². The van der Waals surface area contributed by atoms with Crippen LogP contribution >= 0.6 is 23.2 Å². The molecule has 0 saturated heterocycles. The fourth-order valence-corrected chi connectivity index (χ4v) is 1.82. The van der Waals surface area contributed by atoms with Crippen LogP contribution in [-0.4, -0.2) is 0 Å². The van der Waals surface area contributed by atoms with Crippen LogP contribution in [0.5, 0.6) is 0 Å². The SMILES string of the molecule is CCCC(N)c1ccc(Cl)cc1Cl. The Kier molecular flexibility index (Phi) is 4.04. The molecule has 0 heterocycles. The summed E-state index contributed by atoms with van der Waals surface area (Å²) in [6.45, 7) is 2.10. The van der Waals surface area contributed by atoms with Gasteiger partial charge in [-0.2, -0.15) is 0 Å². The van der Waals surface area contributed by atoms with E-state index in [1.165, 1.54) is 0 Å². The second-order valence-corrected chi connectivity index (χ2v) is 3.90. The highest BCUT2D eigenvalue weighted by Crippen LogP contribution is 2.27. The smallest absolute Gasteiger partial charge is 0.0468 e. The summed E-state index contributed by atoms with van der Waals surface area (Å²) in [7, 11) is 0. The predicted octanol–water partition coefficient (Wildman–Crippen LogP) is 3.79. The maximum Gasteiger partial charge on any atom is 0.0468 e. The van der Waals surface area contributed by atoms with Crippen LogP contribution in [-0.2, 0) is 0 Å². The molecule has 0 amide bonds. The Bertz CT molecular complexity index is 286. The number of rotatable bonds is 3. The topological polar surface area (TPSA) is 26.0 Å². The van der Waals surface area contributed by atoms with Gasteiger partial charge in [0.1, 0.15) is 0 Å². The standard InChI is InChI=1S/C10H13Cl2N/c1-2-3-10(13)8-5-4-7(11)6-9(8)12/h4-6,10H,2-3,13H2,1H3. The number of halogens is 2. The summed E-state index contributed by atoms with van der Waals surface area (Å²) < 4.78 is 0. The van der Waals surface area contributed by atoms with Gasteiger partial charge in [0, 0.05) is 16.1 Å². The Labute approximate surface area is 88.8 Å². The zero-order chi connectivity index (χ0) is 9.84. The van der Waals surface area contributed by atoms with Crippen molar-refractivity contribution in [3.63, 3.8) is 0 Å². The van der Waals surface area contributed by atoms with Crippen LogP contribution in [0.25, 0.3) is 0 Å². The van der Waals surface area contributed by atoms with Crippen LogP contribution in [0, 0.1) is 0 Å². The normalized spacial score (nSPS) is 12.9. The summed E-state index contributed by atoms with van der Waals surface area (Å²) in [6.07, 6.45) is 2.00. The summed E-state index contributed by atoms with van der Waals surface area (Å²) in [5.74, 6) is 0. The van der Waals surface area contributed by atoms with E-state index < -0.39 is 0 Å². The molecular formula is C10H13Cl2N. The largest absolute Gasteiger partial charge is 0.324 e. The monoisotopic (exact) mass is 217 g/mol. The zero-order valence-electron chi connectivity index (χ0n) is 7.56. The highest BCUT2D eigenvalue weighted by atomic mass is 35.5. The molecule has 3 heteroatoms. The van der Waals surface area contributed by atoms with Crippen molar-refractivity contribution in [3.8, 4) is 0 Å². The molecule has 1 aromatic rings. The average Bonchev–Trinajstić information content (AvgIpc) is 2.04. The van der Waals surface area contributed by atoms with Gasteiger partial charge in [-0.1, -0.05) is 42.6 Å². The summed E-state index contributed by atoms with van der Waals surface area (Å²) in [6, 6.07) is 5.46. The molecule has 0 aromatic heterocycles. The van der Waals surface area contributed by atoms with Gasteiger partial charge in [-0.05, 0) is 24.1 Å². The fourth-order valence-electron chi connectivity index (χ4n) is 1.27. The van der Waals surface area contributed by atoms with Crippen molar-refractivity contribution in [3.05, 3.63) is 33.8 Å². The third-order valence-electron chi connectivity index (χ3n) is 1.96. The maximum absolute atomic E-state index is 6.00. The van der Waals surface area contributed by atoms with Gasteiger partial charge in [0.25, 0.3) is 0 Å². The van der Waals surface area contributed by atoms with Gasteiger partial charge in [-0.3, -0.25) is 0 Å². The van der Waals surface area contributed by atoms with Crippen molar-refractivity contribution < 1.29 is 0 Å². The summed E-state index contributed by atoms with van der Waals surface area (Å²) in [5, 5.41) is 1.31. The van der Waals surface area contributed by atoms with Crippen LogP contribution in [0.4, 0.5) is 0 Å². The highest BCUT2D eigenvalue weighted by Gasteiger charge is 2.08. The van der Waals surface area contributed by atoms with Gasteiger partial charge < -0.3 is 5.73 Å². The predicted molar refractivity (Wildman–Crippen MR) is 58.3 cm³/mol. The van der Waals surface area contributed by atoms with Crippen molar-refractivity contribution in [2.75, 3.05) is 0 Å². The molecule has 1 atom stereocenters. The lowest BCUT2D eigenvalue weighted by Crippen LogP contribution is -2.10. The minimum Gasteiger partial charge on any atom is -0.324 e. The molecule has 1 aromatic carbocycles. The molecule has 0 radical (unpaired) electrons. The maximum atomic E-state index is 6.00.